The second kappa shape index (κ2) is 6.22. The third kappa shape index (κ3) is 3.37. The minimum Gasteiger partial charge on any atom is -0.496 e. The fourth-order valence-corrected chi connectivity index (χ4v) is 3.26. The highest BCUT2D eigenvalue weighted by Gasteiger charge is 2.14. The molecule has 2 rings (SSSR count). The summed E-state index contributed by atoms with van der Waals surface area (Å²) in [5.74, 6) is 0.971. The average Bonchev–Trinajstić information content (AvgIpc) is 2.82. The monoisotopic (exact) mass is 275 g/mol. The maximum atomic E-state index is 5.46. The van der Waals surface area contributed by atoms with Gasteiger partial charge in [-0.15, -0.1) is 11.3 Å². The largest absolute Gasteiger partial charge is 0.496 e. The van der Waals surface area contributed by atoms with Crippen molar-refractivity contribution in [2.24, 2.45) is 0 Å². The molecule has 102 valence electrons. The van der Waals surface area contributed by atoms with Crippen molar-refractivity contribution in [1.82, 2.24) is 5.32 Å². The lowest BCUT2D eigenvalue weighted by Gasteiger charge is -2.17. The molecule has 0 saturated heterocycles. The third-order valence-electron chi connectivity index (χ3n) is 3.31. The highest BCUT2D eigenvalue weighted by Crippen LogP contribution is 2.29. The molecule has 2 aromatic rings. The van der Waals surface area contributed by atoms with Crippen LogP contribution in [0.1, 0.15) is 26.9 Å². The van der Waals surface area contributed by atoms with Gasteiger partial charge in [0.25, 0.3) is 0 Å². The molecule has 1 aromatic heterocycles. The zero-order valence-corrected chi connectivity index (χ0v) is 12.8. The Labute approximate surface area is 119 Å². The van der Waals surface area contributed by atoms with E-state index in [0.717, 1.165) is 12.2 Å². The fourth-order valence-electron chi connectivity index (χ4n) is 2.27. The SMILES string of the molecule is CNC(Cc1cc(C)ccc1OC)c1ccc(C)s1. The third-order valence-corrected chi connectivity index (χ3v) is 4.43. The van der Waals surface area contributed by atoms with E-state index in [2.05, 4.69) is 49.5 Å². The first-order valence-electron chi connectivity index (χ1n) is 6.51. The normalized spacial score (nSPS) is 12.4. The molecular formula is C16H21NOS. The number of ether oxygens (including phenoxy) is 1. The molecule has 3 heteroatoms. The Morgan fingerprint density at radius 1 is 1.21 bits per heavy atom. The Balaban J connectivity index is 2.25. The molecule has 0 saturated carbocycles. The van der Waals surface area contributed by atoms with Crippen molar-refractivity contribution in [1.29, 1.82) is 0 Å². The van der Waals surface area contributed by atoms with Crippen molar-refractivity contribution in [2.45, 2.75) is 26.3 Å². The van der Waals surface area contributed by atoms with Crippen LogP contribution >= 0.6 is 11.3 Å². The van der Waals surface area contributed by atoms with Crippen molar-refractivity contribution < 1.29 is 4.74 Å². The molecule has 0 amide bonds. The number of aryl methyl sites for hydroxylation is 2. The van der Waals surface area contributed by atoms with Crippen molar-refractivity contribution in [2.75, 3.05) is 14.2 Å². The van der Waals surface area contributed by atoms with Crippen molar-refractivity contribution in [3.05, 3.63) is 51.2 Å². The zero-order chi connectivity index (χ0) is 13.8. The van der Waals surface area contributed by atoms with Crippen LogP contribution in [0.4, 0.5) is 0 Å². The summed E-state index contributed by atoms with van der Waals surface area (Å²) in [4.78, 5) is 2.73. The van der Waals surface area contributed by atoms with Gasteiger partial charge in [0.05, 0.1) is 7.11 Å². The van der Waals surface area contributed by atoms with Crippen LogP contribution in [-0.4, -0.2) is 14.2 Å². The fraction of sp³-hybridized carbons (Fsp3) is 0.375. The van der Waals surface area contributed by atoms with Crippen LogP contribution in [0.2, 0.25) is 0 Å². The van der Waals surface area contributed by atoms with E-state index in [1.807, 2.05) is 18.4 Å². The first kappa shape index (κ1) is 14.1. The Bertz CT molecular complexity index is 547. The summed E-state index contributed by atoms with van der Waals surface area (Å²) in [7, 11) is 3.75. The smallest absolute Gasteiger partial charge is 0.122 e. The van der Waals surface area contributed by atoms with Crippen LogP contribution in [-0.2, 0) is 6.42 Å². The van der Waals surface area contributed by atoms with Crippen molar-refractivity contribution >= 4 is 11.3 Å². The van der Waals surface area contributed by atoms with E-state index in [1.165, 1.54) is 20.9 Å². The second-order valence-electron chi connectivity index (χ2n) is 4.81. The van der Waals surface area contributed by atoms with E-state index in [1.54, 1.807) is 7.11 Å². The average molecular weight is 275 g/mol. The van der Waals surface area contributed by atoms with Crippen LogP contribution in [0.3, 0.4) is 0 Å². The summed E-state index contributed by atoms with van der Waals surface area (Å²) in [5.41, 5.74) is 2.53. The molecule has 1 N–H and O–H groups in total. The van der Waals surface area contributed by atoms with Crippen molar-refractivity contribution in [3.8, 4) is 5.75 Å². The summed E-state index contributed by atoms with van der Waals surface area (Å²) in [6.45, 7) is 4.26. The van der Waals surface area contributed by atoms with Gasteiger partial charge in [-0.05, 0) is 51.1 Å². The molecule has 2 nitrogen and oxygen atoms in total. The van der Waals surface area contributed by atoms with Gasteiger partial charge < -0.3 is 10.1 Å². The molecule has 0 fully saturated rings. The lowest BCUT2D eigenvalue weighted by molar-refractivity contribution is 0.406. The van der Waals surface area contributed by atoms with Gasteiger partial charge in [-0.25, -0.2) is 0 Å². The molecule has 1 unspecified atom stereocenters. The minimum atomic E-state index is 0.342. The van der Waals surface area contributed by atoms with Gasteiger partial charge in [0.15, 0.2) is 0 Å². The zero-order valence-electron chi connectivity index (χ0n) is 12.0. The number of benzene rings is 1. The van der Waals surface area contributed by atoms with Crippen LogP contribution in [0, 0.1) is 13.8 Å². The van der Waals surface area contributed by atoms with Crippen LogP contribution in [0.5, 0.6) is 5.75 Å². The van der Waals surface area contributed by atoms with Crippen LogP contribution in [0.15, 0.2) is 30.3 Å². The number of rotatable bonds is 5. The molecule has 0 aliphatic carbocycles. The first-order chi connectivity index (χ1) is 9.13. The summed E-state index contributed by atoms with van der Waals surface area (Å²) in [6.07, 6.45) is 0.946. The van der Waals surface area contributed by atoms with Crippen LogP contribution in [0.25, 0.3) is 0 Å². The second-order valence-corrected chi connectivity index (χ2v) is 6.13. The number of likely N-dealkylation sites (N-methyl/N-ethyl adjacent to an activating group) is 1. The molecule has 0 radical (unpaired) electrons. The van der Waals surface area contributed by atoms with Crippen molar-refractivity contribution in [3.63, 3.8) is 0 Å². The van der Waals surface area contributed by atoms with Gasteiger partial charge in [-0.1, -0.05) is 17.7 Å². The summed E-state index contributed by atoms with van der Waals surface area (Å²) in [5, 5.41) is 3.41. The molecule has 1 atom stereocenters. The number of hydrogen-bond acceptors (Lipinski definition) is 3. The highest BCUT2D eigenvalue weighted by molar-refractivity contribution is 7.12. The molecule has 19 heavy (non-hydrogen) atoms. The summed E-state index contributed by atoms with van der Waals surface area (Å²) >= 11 is 1.85. The highest BCUT2D eigenvalue weighted by atomic mass is 32.1. The van der Waals surface area contributed by atoms with E-state index < -0.39 is 0 Å². The number of methoxy groups -OCH3 is 1. The molecule has 0 aliphatic heterocycles. The Kier molecular flexibility index (Phi) is 4.61. The number of hydrogen-bond donors (Lipinski definition) is 1. The lowest BCUT2D eigenvalue weighted by atomic mass is 10.0. The van der Waals surface area contributed by atoms with E-state index in [4.69, 9.17) is 4.74 Å². The molecule has 0 bridgehead atoms. The maximum Gasteiger partial charge on any atom is 0.122 e. The maximum absolute atomic E-state index is 5.46. The first-order valence-corrected chi connectivity index (χ1v) is 7.32. The lowest BCUT2D eigenvalue weighted by Crippen LogP contribution is -2.18. The van der Waals surface area contributed by atoms with Gasteiger partial charge in [0.2, 0.25) is 0 Å². The Morgan fingerprint density at radius 3 is 2.58 bits per heavy atom. The number of nitrogens with one attached hydrogen (secondary N) is 1. The molecule has 1 heterocycles. The van der Waals surface area contributed by atoms with E-state index in [9.17, 15) is 0 Å². The van der Waals surface area contributed by atoms with Gasteiger partial charge in [-0.2, -0.15) is 0 Å². The Hall–Kier alpha value is -1.32. The number of thiophene rings is 1. The van der Waals surface area contributed by atoms with E-state index in [0.29, 0.717) is 6.04 Å². The molecule has 0 spiro atoms. The Morgan fingerprint density at radius 2 is 2.00 bits per heavy atom. The predicted molar refractivity (Wildman–Crippen MR) is 82.3 cm³/mol. The minimum absolute atomic E-state index is 0.342. The predicted octanol–water partition coefficient (Wildman–Crippen LogP) is 3.88. The van der Waals surface area contributed by atoms with E-state index in [-0.39, 0.29) is 0 Å². The van der Waals surface area contributed by atoms with Gasteiger partial charge in [0, 0.05) is 15.8 Å². The summed E-state index contributed by atoms with van der Waals surface area (Å²) in [6, 6.07) is 11.1. The van der Waals surface area contributed by atoms with Crippen LogP contribution < -0.4 is 10.1 Å². The topological polar surface area (TPSA) is 21.3 Å². The summed E-state index contributed by atoms with van der Waals surface area (Å²) < 4.78 is 5.46. The van der Waals surface area contributed by atoms with E-state index >= 15 is 0 Å². The van der Waals surface area contributed by atoms with Gasteiger partial charge >= 0.3 is 0 Å². The van der Waals surface area contributed by atoms with Gasteiger partial charge in [0.1, 0.15) is 5.75 Å². The quantitative estimate of drug-likeness (QED) is 0.894. The molecule has 0 aliphatic rings. The van der Waals surface area contributed by atoms with Gasteiger partial charge in [-0.3, -0.25) is 0 Å². The standard InChI is InChI=1S/C16H21NOS/c1-11-5-7-15(18-4)13(9-11)10-14(17-3)16-8-6-12(2)19-16/h5-9,14,17H,10H2,1-4H3. The molecular weight excluding hydrogens is 254 g/mol. The molecule has 1 aromatic carbocycles.